The number of hydrogen-bond acceptors (Lipinski definition) is 3. The lowest BCUT2D eigenvalue weighted by atomic mass is 9.87. The van der Waals surface area contributed by atoms with Crippen LogP contribution in [0.2, 0.25) is 0 Å². The third kappa shape index (κ3) is 3.32. The normalized spacial score (nSPS) is 15.6. The van der Waals surface area contributed by atoms with Gasteiger partial charge in [0.25, 0.3) is 0 Å². The molecule has 3 nitrogen and oxygen atoms in total. The number of hydrogen-bond donors (Lipinski definition) is 2. The fourth-order valence-electron chi connectivity index (χ4n) is 1.30. The highest BCUT2D eigenvalue weighted by Gasteiger charge is 2.28. The molecule has 0 fully saturated rings. The van der Waals surface area contributed by atoms with E-state index in [0.717, 1.165) is 5.56 Å². The minimum atomic E-state index is -0.478. The molecule has 1 amide bonds. The summed E-state index contributed by atoms with van der Waals surface area (Å²) in [5, 5.41) is 6.97. The lowest BCUT2D eigenvalue weighted by Crippen LogP contribution is -2.49. The van der Waals surface area contributed by atoms with Gasteiger partial charge in [0.2, 0.25) is 5.91 Å². The van der Waals surface area contributed by atoms with E-state index in [9.17, 15) is 4.79 Å². The van der Waals surface area contributed by atoms with Gasteiger partial charge in [-0.15, -0.1) is 0 Å². The van der Waals surface area contributed by atoms with Gasteiger partial charge in [-0.05, 0) is 34.7 Å². The molecule has 16 heavy (non-hydrogen) atoms. The molecular weight excluding hydrogens is 220 g/mol. The molecule has 1 aromatic rings. The van der Waals surface area contributed by atoms with Crippen LogP contribution in [-0.2, 0) is 4.79 Å². The molecule has 1 rings (SSSR count). The molecule has 0 radical (unpaired) electrons. The van der Waals surface area contributed by atoms with E-state index in [1.165, 1.54) is 0 Å². The molecule has 0 aliphatic heterocycles. The molecule has 3 N–H and O–H groups in total. The Morgan fingerprint density at radius 1 is 1.50 bits per heavy atom. The zero-order valence-corrected chi connectivity index (χ0v) is 11.1. The first kappa shape index (κ1) is 13.2. The van der Waals surface area contributed by atoms with Crippen LogP contribution < -0.4 is 11.1 Å². The van der Waals surface area contributed by atoms with Crippen LogP contribution in [0, 0.1) is 5.41 Å². The first-order chi connectivity index (χ1) is 7.32. The van der Waals surface area contributed by atoms with Gasteiger partial charge < -0.3 is 11.1 Å². The second kappa shape index (κ2) is 4.97. The van der Waals surface area contributed by atoms with E-state index in [-0.39, 0.29) is 17.4 Å². The van der Waals surface area contributed by atoms with Crippen LogP contribution in [0.15, 0.2) is 16.8 Å². The molecule has 4 heteroatoms. The van der Waals surface area contributed by atoms with Crippen molar-refractivity contribution in [2.75, 3.05) is 0 Å². The molecule has 0 aromatic carbocycles. The lowest BCUT2D eigenvalue weighted by molar-refractivity contribution is -0.125. The van der Waals surface area contributed by atoms with Gasteiger partial charge in [-0.3, -0.25) is 4.79 Å². The molecular formula is C12H20N2OS. The number of carbonyl (C=O) groups excluding carboxylic acids is 1. The van der Waals surface area contributed by atoms with Gasteiger partial charge in [0.05, 0.1) is 12.1 Å². The summed E-state index contributed by atoms with van der Waals surface area (Å²) in [5.74, 6) is -0.0915. The van der Waals surface area contributed by atoms with E-state index in [0.29, 0.717) is 0 Å². The number of rotatable bonds is 3. The van der Waals surface area contributed by atoms with E-state index in [1.807, 2.05) is 44.5 Å². The quantitative estimate of drug-likeness (QED) is 0.851. The smallest absolute Gasteiger partial charge is 0.237 e. The van der Waals surface area contributed by atoms with Crippen molar-refractivity contribution < 1.29 is 4.79 Å². The largest absolute Gasteiger partial charge is 0.348 e. The Bertz CT molecular complexity index is 340. The molecule has 0 saturated carbocycles. The van der Waals surface area contributed by atoms with E-state index in [2.05, 4.69) is 5.32 Å². The van der Waals surface area contributed by atoms with Crippen molar-refractivity contribution in [2.45, 2.75) is 39.8 Å². The molecule has 1 aromatic heterocycles. The number of amides is 1. The predicted molar refractivity (Wildman–Crippen MR) is 68.3 cm³/mol. The SMILES string of the molecule is CC(NC(=O)[C@H](N)C(C)(C)C)c1ccsc1. The summed E-state index contributed by atoms with van der Waals surface area (Å²) in [6, 6.07) is 1.55. The molecule has 0 saturated heterocycles. The van der Waals surface area contributed by atoms with Crippen LogP contribution in [-0.4, -0.2) is 11.9 Å². The Morgan fingerprint density at radius 3 is 2.56 bits per heavy atom. The third-order valence-corrected chi connectivity index (χ3v) is 3.32. The Morgan fingerprint density at radius 2 is 2.12 bits per heavy atom. The van der Waals surface area contributed by atoms with Crippen LogP contribution in [0.1, 0.15) is 39.3 Å². The number of nitrogens with two attached hydrogens (primary N) is 1. The molecule has 90 valence electrons. The Balaban J connectivity index is 2.59. The van der Waals surface area contributed by atoms with Crippen LogP contribution in [0.5, 0.6) is 0 Å². The van der Waals surface area contributed by atoms with Gasteiger partial charge in [-0.1, -0.05) is 20.8 Å². The molecule has 0 bridgehead atoms. The fraction of sp³-hybridized carbons (Fsp3) is 0.583. The summed E-state index contributed by atoms with van der Waals surface area (Å²) in [7, 11) is 0. The van der Waals surface area contributed by atoms with Crippen LogP contribution in [0.25, 0.3) is 0 Å². The van der Waals surface area contributed by atoms with Gasteiger partial charge >= 0.3 is 0 Å². The molecule has 0 aliphatic rings. The van der Waals surface area contributed by atoms with Gasteiger partial charge in [0.1, 0.15) is 0 Å². The van der Waals surface area contributed by atoms with Crippen molar-refractivity contribution in [1.82, 2.24) is 5.32 Å². The second-order valence-electron chi connectivity index (χ2n) is 5.13. The highest BCUT2D eigenvalue weighted by Crippen LogP contribution is 2.20. The Kier molecular flexibility index (Phi) is 4.10. The topological polar surface area (TPSA) is 55.1 Å². The second-order valence-corrected chi connectivity index (χ2v) is 5.91. The minimum Gasteiger partial charge on any atom is -0.348 e. The maximum atomic E-state index is 11.9. The summed E-state index contributed by atoms with van der Waals surface area (Å²) >= 11 is 1.63. The first-order valence-corrected chi connectivity index (χ1v) is 6.34. The molecule has 0 aliphatic carbocycles. The highest BCUT2D eigenvalue weighted by atomic mass is 32.1. The number of thiophene rings is 1. The van der Waals surface area contributed by atoms with Crippen molar-refractivity contribution in [3.63, 3.8) is 0 Å². The van der Waals surface area contributed by atoms with Gasteiger partial charge in [0.15, 0.2) is 0 Å². The maximum Gasteiger partial charge on any atom is 0.237 e. The lowest BCUT2D eigenvalue weighted by Gasteiger charge is -2.27. The minimum absolute atomic E-state index is 0.0205. The van der Waals surface area contributed by atoms with Crippen molar-refractivity contribution in [3.05, 3.63) is 22.4 Å². The van der Waals surface area contributed by atoms with E-state index >= 15 is 0 Å². The summed E-state index contributed by atoms with van der Waals surface area (Å²) in [5.41, 5.74) is 6.80. The van der Waals surface area contributed by atoms with Crippen LogP contribution >= 0.6 is 11.3 Å². The van der Waals surface area contributed by atoms with E-state index in [4.69, 9.17) is 5.73 Å². The number of carbonyl (C=O) groups is 1. The molecule has 0 spiro atoms. The van der Waals surface area contributed by atoms with Crippen molar-refractivity contribution in [2.24, 2.45) is 11.1 Å². The third-order valence-electron chi connectivity index (χ3n) is 2.62. The van der Waals surface area contributed by atoms with Crippen LogP contribution in [0.3, 0.4) is 0 Å². The Labute approximate surface area is 101 Å². The molecule has 2 atom stereocenters. The fourth-order valence-corrected chi connectivity index (χ4v) is 2.06. The summed E-state index contributed by atoms with van der Waals surface area (Å²) in [4.78, 5) is 11.9. The summed E-state index contributed by atoms with van der Waals surface area (Å²) in [6.07, 6.45) is 0. The average Bonchev–Trinajstić information content (AvgIpc) is 2.67. The van der Waals surface area contributed by atoms with Gasteiger partial charge in [-0.2, -0.15) is 11.3 Å². The van der Waals surface area contributed by atoms with Gasteiger partial charge in [-0.25, -0.2) is 0 Å². The van der Waals surface area contributed by atoms with Gasteiger partial charge in [0, 0.05) is 0 Å². The Hall–Kier alpha value is -0.870. The number of nitrogens with one attached hydrogen (secondary N) is 1. The maximum absolute atomic E-state index is 11.9. The average molecular weight is 240 g/mol. The zero-order chi connectivity index (χ0) is 12.3. The standard InChI is InChI=1S/C12H20N2OS/c1-8(9-5-6-16-7-9)14-11(15)10(13)12(2,3)4/h5-8,10H,13H2,1-4H3,(H,14,15)/t8?,10-/m0/s1. The highest BCUT2D eigenvalue weighted by molar-refractivity contribution is 7.07. The molecule has 1 heterocycles. The molecule has 1 unspecified atom stereocenters. The van der Waals surface area contributed by atoms with E-state index in [1.54, 1.807) is 11.3 Å². The summed E-state index contributed by atoms with van der Waals surface area (Å²) in [6.45, 7) is 7.86. The first-order valence-electron chi connectivity index (χ1n) is 5.40. The van der Waals surface area contributed by atoms with Crippen molar-refractivity contribution >= 4 is 17.2 Å². The predicted octanol–water partition coefficient (Wildman–Crippen LogP) is 2.30. The van der Waals surface area contributed by atoms with Crippen LogP contribution in [0.4, 0.5) is 0 Å². The van der Waals surface area contributed by atoms with Crippen molar-refractivity contribution in [3.8, 4) is 0 Å². The summed E-state index contributed by atoms with van der Waals surface area (Å²) < 4.78 is 0. The zero-order valence-electron chi connectivity index (χ0n) is 10.3. The monoisotopic (exact) mass is 240 g/mol. The van der Waals surface area contributed by atoms with E-state index < -0.39 is 6.04 Å². The van der Waals surface area contributed by atoms with Crippen molar-refractivity contribution in [1.29, 1.82) is 0 Å².